The Morgan fingerprint density at radius 2 is 1.94 bits per heavy atom. The Kier molecular flexibility index (Phi) is 6.92. The molecule has 0 spiro atoms. The average Bonchev–Trinajstić information content (AvgIpc) is 2.52. The summed E-state index contributed by atoms with van der Waals surface area (Å²) in [6.07, 6.45) is 2.98. The number of hydrogen-bond acceptors (Lipinski definition) is 3. The van der Waals surface area contributed by atoms with Crippen LogP contribution >= 0.6 is 0 Å². The first-order chi connectivity index (χ1) is 8.19. The van der Waals surface area contributed by atoms with Crippen LogP contribution in [0.15, 0.2) is 0 Å². The van der Waals surface area contributed by atoms with Crippen LogP contribution in [0.3, 0.4) is 0 Å². The maximum absolute atomic E-state index is 12.5. The summed E-state index contributed by atoms with van der Waals surface area (Å²) >= 11 is 0. The minimum atomic E-state index is -2.34. The molecule has 0 aromatic carbocycles. The summed E-state index contributed by atoms with van der Waals surface area (Å²) in [6.45, 7) is 0.559. The summed E-state index contributed by atoms with van der Waals surface area (Å²) in [5, 5.41) is 8.99. The Bertz CT molecular complexity index is 205. The van der Waals surface area contributed by atoms with Crippen molar-refractivity contribution in [2.75, 3.05) is 26.2 Å². The zero-order valence-corrected chi connectivity index (χ0v) is 10.3. The van der Waals surface area contributed by atoms with Crippen LogP contribution in [0.4, 0.5) is 8.78 Å². The first-order valence-corrected chi connectivity index (χ1v) is 6.52. The van der Waals surface area contributed by atoms with E-state index >= 15 is 0 Å². The van der Waals surface area contributed by atoms with Crippen LogP contribution in [-0.2, 0) is 0 Å². The highest BCUT2D eigenvalue weighted by molar-refractivity contribution is 4.83. The molecule has 0 amide bonds. The van der Waals surface area contributed by atoms with Crippen LogP contribution < -0.4 is 5.73 Å². The third-order valence-electron chi connectivity index (χ3n) is 3.65. The molecule has 0 radical (unpaired) electrons. The highest BCUT2D eigenvalue weighted by atomic mass is 19.3. The average molecular weight is 250 g/mol. The fourth-order valence-electron chi connectivity index (χ4n) is 2.82. The van der Waals surface area contributed by atoms with Crippen LogP contribution in [0.2, 0.25) is 0 Å². The molecule has 0 saturated heterocycles. The van der Waals surface area contributed by atoms with Gasteiger partial charge in [0.2, 0.25) is 0 Å². The monoisotopic (exact) mass is 250 g/mol. The molecular formula is C12H24F2N2O. The van der Waals surface area contributed by atoms with Crippen LogP contribution in [-0.4, -0.2) is 48.7 Å². The number of alkyl halides is 2. The summed E-state index contributed by atoms with van der Waals surface area (Å²) in [4.78, 5) is 1.73. The Morgan fingerprint density at radius 3 is 2.53 bits per heavy atom. The van der Waals surface area contributed by atoms with Gasteiger partial charge in [0.05, 0.1) is 13.2 Å². The second-order valence-electron chi connectivity index (χ2n) is 4.81. The molecule has 1 fully saturated rings. The van der Waals surface area contributed by atoms with Gasteiger partial charge in [0, 0.05) is 12.6 Å². The molecule has 0 aromatic rings. The molecule has 0 aromatic heterocycles. The van der Waals surface area contributed by atoms with E-state index in [0.717, 1.165) is 32.1 Å². The number of rotatable bonds is 6. The van der Waals surface area contributed by atoms with Gasteiger partial charge in [0.25, 0.3) is 6.43 Å². The van der Waals surface area contributed by atoms with Gasteiger partial charge < -0.3 is 10.8 Å². The number of nitrogens with zero attached hydrogens (tertiary/aromatic N) is 1. The predicted octanol–water partition coefficient (Wildman–Crippen LogP) is 1.45. The number of hydrogen-bond donors (Lipinski definition) is 2. The molecule has 2 unspecified atom stereocenters. The molecule has 1 aliphatic rings. The van der Waals surface area contributed by atoms with Crippen molar-refractivity contribution in [3.05, 3.63) is 0 Å². The van der Waals surface area contributed by atoms with Crippen LogP contribution in [0.25, 0.3) is 0 Å². The van der Waals surface area contributed by atoms with Gasteiger partial charge in [0.1, 0.15) is 0 Å². The summed E-state index contributed by atoms with van der Waals surface area (Å²) < 4.78 is 25.1. The highest BCUT2D eigenvalue weighted by Gasteiger charge is 2.29. The highest BCUT2D eigenvalue weighted by Crippen LogP contribution is 2.27. The molecule has 5 heteroatoms. The van der Waals surface area contributed by atoms with E-state index in [2.05, 4.69) is 0 Å². The topological polar surface area (TPSA) is 49.5 Å². The van der Waals surface area contributed by atoms with Crippen molar-refractivity contribution in [1.82, 2.24) is 4.90 Å². The molecule has 3 N–H and O–H groups in total. The maximum Gasteiger partial charge on any atom is 0.251 e. The fraction of sp³-hybridized carbons (Fsp3) is 1.00. The lowest BCUT2D eigenvalue weighted by Crippen LogP contribution is -2.46. The zero-order chi connectivity index (χ0) is 12.7. The second-order valence-corrected chi connectivity index (χ2v) is 4.81. The molecule has 2 atom stereocenters. The number of halogens is 2. The molecule has 1 aliphatic carbocycles. The standard InChI is InChI=1S/C12H24F2N2O/c13-12(14)9-16(6-7-17)11-5-3-1-2-4-10(11)8-15/h10-12,17H,1-9,15H2. The van der Waals surface area contributed by atoms with Crippen molar-refractivity contribution in [1.29, 1.82) is 0 Å². The normalized spacial score (nSPS) is 26.5. The maximum atomic E-state index is 12.5. The van der Waals surface area contributed by atoms with E-state index in [1.54, 1.807) is 4.90 Å². The van der Waals surface area contributed by atoms with Crippen molar-refractivity contribution < 1.29 is 13.9 Å². The summed E-state index contributed by atoms with van der Waals surface area (Å²) in [5.74, 6) is 0.294. The Morgan fingerprint density at radius 1 is 1.24 bits per heavy atom. The fourth-order valence-corrected chi connectivity index (χ4v) is 2.82. The van der Waals surface area contributed by atoms with Gasteiger partial charge in [-0.2, -0.15) is 0 Å². The number of aliphatic hydroxyl groups is 1. The molecule has 1 saturated carbocycles. The Labute approximate surface area is 102 Å². The van der Waals surface area contributed by atoms with Gasteiger partial charge in [-0.15, -0.1) is 0 Å². The summed E-state index contributed by atoms with van der Waals surface area (Å²) in [5.41, 5.74) is 5.75. The second kappa shape index (κ2) is 7.95. The predicted molar refractivity (Wildman–Crippen MR) is 64.1 cm³/mol. The SMILES string of the molecule is NCC1CCCCCC1N(CCO)CC(F)F. The van der Waals surface area contributed by atoms with Gasteiger partial charge in [-0.1, -0.05) is 19.3 Å². The minimum absolute atomic E-state index is 0.0689. The van der Waals surface area contributed by atoms with E-state index in [9.17, 15) is 8.78 Å². The molecule has 0 heterocycles. The number of nitrogens with two attached hydrogens (primary N) is 1. The van der Waals surface area contributed by atoms with Crippen molar-refractivity contribution in [2.45, 2.75) is 44.6 Å². The van der Waals surface area contributed by atoms with Crippen molar-refractivity contribution in [3.8, 4) is 0 Å². The summed E-state index contributed by atoms with van der Waals surface area (Å²) in [6, 6.07) is 0.114. The molecule has 1 rings (SSSR count). The van der Waals surface area contributed by atoms with Crippen molar-refractivity contribution in [3.63, 3.8) is 0 Å². The molecule has 0 aliphatic heterocycles. The largest absolute Gasteiger partial charge is 0.395 e. The molecule has 0 bridgehead atoms. The first-order valence-electron chi connectivity index (χ1n) is 6.52. The van der Waals surface area contributed by atoms with Crippen molar-refractivity contribution >= 4 is 0 Å². The lowest BCUT2D eigenvalue weighted by Gasteiger charge is -2.35. The Hall–Kier alpha value is -0.260. The number of aliphatic hydroxyl groups excluding tert-OH is 1. The molecule has 17 heavy (non-hydrogen) atoms. The lowest BCUT2D eigenvalue weighted by atomic mass is 9.93. The molecule has 3 nitrogen and oxygen atoms in total. The van der Waals surface area contributed by atoms with Crippen LogP contribution in [0.5, 0.6) is 0 Å². The van der Waals surface area contributed by atoms with E-state index in [1.807, 2.05) is 0 Å². The third kappa shape index (κ3) is 4.85. The zero-order valence-electron chi connectivity index (χ0n) is 10.3. The van der Waals surface area contributed by atoms with E-state index in [0.29, 0.717) is 19.0 Å². The molecular weight excluding hydrogens is 226 g/mol. The van der Waals surface area contributed by atoms with Crippen LogP contribution in [0.1, 0.15) is 32.1 Å². The van der Waals surface area contributed by atoms with E-state index in [1.165, 1.54) is 0 Å². The van der Waals surface area contributed by atoms with Gasteiger partial charge in [-0.05, 0) is 25.3 Å². The van der Waals surface area contributed by atoms with Gasteiger partial charge in [-0.3, -0.25) is 4.90 Å². The lowest BCUT2D eigenvalue weighted by molar-refractivity contribution is 0.0358. The van der Waals surface area contributed by atoms with E-state index < -0.39 is 6.43 Å². The smallest absolute Gasteiger partial charge is 0.251 e. The quantitative estimate of drug-likeness (QED) is 0.702. The first kappa shape index (κ1) is 14.8. The third-order valence-corrected chi connectivity index (χ3v) is 3.65. The van der Waals surface area contributed by atoms with E-state index in [4.69, 9.17) is 10.8 Å². The Balaban J connectivity index is 2.65. The van der Waals surface area contributed by atoms with E-state index in [-0.39, 0.29) is 19.2 Å². The van der Waals surface area contributed by atoms with Gasteiger partial charge in [0.15, 0.2) is 0 Å². The van der Waals surface area contributed by atoms with Crippen LogP contribution in [0, 0.1) is 5.92 Å². The minimum Gasteiger partial charge on any atom is -0.395 e. The summed E-state index contributed by atoms with van der Waals surface area (Å²) in [7, 11) is 0. The van der Waals surface area contributed by atoms with Gasteiger partial charge >= 0.3 is 0 Å². The van der Waals surface area contributed by atoms with Gasteiger partial charge in [-0.25, -0.2) is 8.78 Å². The van der Waals surface area contributed by atoms with Crippen molar-refractivity contribution in [2.24, 2.45) is 11.7 Å². The molecule has 102 valence electrons.